The molecule has 1 saturated carbocycles. The van der Waals surface area contributed by atoms with Gasteiger partial charge in [-0.05, 0) is 42.7 Å². The Hall–Kier alpha value is -1.74. The summed E-state index contributed by atoms with van der Waals surface area (Å²) in [6.07, 6.45) is 4.20. The lowest BCUT2D eigenvalue weighted by Gasteiger charge is -2.07. The Balaban J connectivity index is 1.85. The number of hydrogen-bond acceptors (Lipinski definition) is 2. The first kappa shape index (κ1) is 11.4. The van der Waals surface area contributed by atoms with Crippen molar-refractivity contribution in [1.82, 2.24) is 10.3 Å². The van der Waals surface area contributed by atoms with Gasteiger partial charge in [-0.1, -0.05) is 12.1 Å². The van der Waals surface area contributed by atoms with E-state index in [1.54, 1.807) is 6.20 Å². The zero-order chi connectivity index (χ0) is 12.4. The van der Waals surface area contributed by atoms with Crippen LogP contribution in [0, 0.1) is 5.82 Å². The van der Waals surface area contributed by atoms with Crippen LogP contribution in [0.2, 0.25) is 0 Å². The highest BCUT2D eigenvalue weighted by molar-refractivity contribution is 5.60. The number of nitrogens with zero attached hydrogens (tertiary/aromatic N) is 1. The molecule has 0 unspecified atom stereocenters. The summed E-state index contributed by atoms with van der Waals surface area (Å²) < 4.78 is 13.8. The maximum atomic E-state index is 13.8. The minimum Gasteiger partial charge on any atom is -0.310 e. The topological polar surface area (TPSA) is 24.9 Å². The van der Waals surface area contributed by atoms with E-state index < -0.39 is 0 Å². The zero-order valence-corrected chi connectivity index (χ0v) is 10.1. The van der Waals surface area contributed by atoms with E-state index in [-0.39, 0.29) is 5.82 Å². The van der Waals surface area contributed by atoms with Crippen LogP contribution >= 0.6 is 0 Å². The standard InChI is InChI=1S/C15H15FN2/c16-14-7-4-11(10-18-12-5-6-12)9-13(14)15-3-1-2-8-17-15/h1-4,7-9,12,18H,5-6,10H2. The fourth-order valence-electron chi connectivity index (χ4n) is 1.95. The molecule has 0 radical (unpaired) electrons. The van der Waals surface area contributed by atoms with Crippen molar-refractivity contribution in [1.29, 1.82) is 0 Å². The third-order valence-electron chi connectivity index (χ3n) is 3.14. The molecule has 3 rings (SSSR count). The molecular weight excluding hydrogens is 227 g/mol. The fraction of sp³-hybridized carbons (Fsp3) is 0.267. The van der Waals surface area contributed by atoms with Crippen molar-refractivity contribution in [2.24, 2.45) is 0 Å². The van der Waals surface area contributed by atoms with Crippen LogP contribution in [0.4, 0.5) is 4.39 Å². The van der Waals surface area contributed by atoms with Crippen molar-refractivity contribution in [3.8, 4) is 11.3 Å². The average Bonchev–Trinajstić information content (AvgIpc) is 3.23. The molecule has 1 aromatic heterocycles. The van der Waals surface area contributed by atoms with Gasteiger partial charge >= 0.3 is 0 Å². The number of halogens is 1. The summed E-state index contributed by atoms with van der Waals surface area (Å²) in [6, 6.07) is 11.4. The smallest absolute Gasteiger partial charge is 0.132 e. The Morgan fingerprint density at radius 3 is 2.83 bits per heavy atom. The van der Waals surface area contributed by atoms with Crippen molar-refractivity contribution < 1.29 is 4.39 Å². The lowest BCUT2D eigenvalue weighted by Crippen LogP contribution is -2.15. The van der Waals surface area contributed by atoms with Crippen LogP contribution in [0.3, 0.4) is 0 Å². The van der Waals surface area contributed by atoms with Crippen LogP contribution in [-0.4, -0.2) is 11.0 Å². The van der Waals surface area contributed by atoms with Gasteiger partial charge in [0, 0.05) is 24.3 Å². The van der Waals surface area contributed by atoms with Crippen LogP contribution in [0.15, 0.2) is 42.6 Å². The Morgan fingerprint density at radius 2 is 2.11 bits per heavy atom. The molecule has 1 N–H and O–H groups in total. The normalized spacial score (nSPS) is 14.7. The maximum Gasteiger partial charge on any atom is 0.132 e. The molecule has 1 fully saturated rings. The predicted octanol–water partition coefficient (Wildman–Crippen LogP) is 3.14. The molecule has 0 saturated heterocycles. The van der Waals surface area contributed by atoms with E-state index in [2.05, 4.69) is 10.3 Å². The van der Waals surface area contributed by atoms with Crippen molar-refractivity contribution in [2.75, 3.05) is 0 Å². The molecule has 1 aliphatic rings. The van der Waals surface area contributed by atoms with Crippen molar-refractivity contribution in [3.63, 3.8) is 0 Å². The summed E-state index contributed by atoms with van der Waals surface area (Å²) in [7, 11) is 0. The molecule has 2 aromatic rings. The average molecular weight is 242 g/mol. The van der Waals surface area contributed by atoms with E-state index in [0.717, 1.165) is 12.1 Å². The molecule has 1 aromatic carbocycles. The van der Waals surface area contributed by atoms with Crippen LogP contribution in [0.1, 0.15) is 18.4 Å². The number of nitrogens with one attached hydrogen (secondary N) is 1. The summed E-state index contributed by atoms with van der Waals surface area (Å²) in [5.41, 5.74) is 2.36. The first-order chi connectivity index (χ1) is 8.83. The second kappa shape index (κ2) is 4.86. The van der Waals surface area contributed by atoms with Gasteiger partial charge in [0.05, 0.1) is 5.69 Å². The third-order valence-corrected chi connectivity index (χ3v) is 3.14. The van der Waals surface area contributed by atoms with Crippen LogP contribution in [0.5, 0.6) is 0 Å². The minimum atomic E-state index is -0.219. The van der Waals surface area contributed by atoms with Gasteiger partial charge in [0.25, 0.3) is 0 Å². The molecule has 3 heteroatoms. The molecular formula is C15H15FN2. The SMILES string of the molecule is Fc1ccc(CNC2CC2)cc1-c1ccccn1. The summed E-state index contributed by atoms with van der Waals surface area (Å²) in [5.74, 6) is -0.219. The van der Waals surface area contributed by atoms with Gasteiger partial charge < -0.3 is 5.32 Å². The lowest BCUT2D eigenvalue weighted by molar-refractivity contribution is 0.627. The quantitative estimate of drug-likeness (QED) is 0.891. The van der Waals surface area contributed by atoms with Crippen LogP contribution in [0.25, 0.3) is 11.3 Å². The van der Waals surface area contributed by atoms with E-state index in [1.807, 2.05) is 30.3 Å². The molecule has 1 heterocycles. The van der Waals surface area contributed by atoms with Crippen LogP contribution in [-0.2, 0) is 6.54 Å². The highest BCUT2D eigenvalue weighted by Crippen LogP contribution is 2.23. The second-order valence-electron chi connectivity index (χ2n) is 4.68. The molecule has 0 bridgehead atoms. The van der Waals surface area contributed by atoms with Crippen LogP contribution < -0.4 is 5.32 Å². The van der Waals surface area contributed by atoms with Gasteiger partial charge in [0.2, 0.25) is 0 Å². The van der Waals surface area contributed by atoms with E-state index in [9.17, 15) is 4.39 Å². The molecule has 18 heavy (non-hydrogen) atoms. The summed E-state index contributed by atoms with van der Waals surface area (Å²) >= 11 is 0. The molecule has 2 nitrogen and oxygen atoms in total. The highest BCUT2D eigenvalue weighted by atomic mass is 19.1. The molecule has 0 spiro atoms. The Kier molecular flexibility index (Phi) is 3.07. The number of pyridine rings is 1. The van der Waals surface area contributed by atoms with Gasteiger partial charge in [-0.25, -0.2) is 4.39 Å². The van der Waals surface area contributed by atoms with Gasteiger partial charge in [-0.3, -0.25) is 4.98 Å². The molecule has 0 atom stereocenters. The minimum absolute atomic E-state index is 0.219. The van der Waals surface area contributed by atoms with Gasteiger partial charge in [0.15, 0.2) is 0 Å². The summed E-state index contributed by atoms with van der Waals surface area (Å²) in [5, 5.41) is 3.43. The van der Waals surface area contributed by atoms with E-state index >= 15 is 0 Å². The fourth-order valence-corrected chi connectivity index (χ4v) is 1.95. The number of rotatable bonds is 4. The molecule has 0 amide bonds. The van der Waals surface area contributed by atoms with Crippen molar-refractivity contribution in [2.45, 2.75) is 25.4 Å². The zero-order valence-electron chi connectivity index (χ0n) is 10.1. The Labute approximate surface area is 106 Å². The number of aromatic nitrogens is 1. The van der Waals surface area contributed by atoms with Gasteiger partial charge in [-0.2, -0.15) is 0 Å². The third kappa shape index (κ3) is 2.57. The molecule has 0 aliphatic heterocycles. The van der Waals surface area contributed by atoms with E-state index in [0.29, 0.717) is 17.3 Å². The number of hydrogen-bond donors (Lipinski definition) is 1. The van der Waals surface area contributed by atoms with E-state index in [4.69, 9.17) is 0 Å². The number of benzene rings is 1. The van der Waals surface area contributed by atoms with Crippen molar-refractivity contribution >= 4 is 0 Å². The largest absolute Gasteiger partial charge is 0.310 e. The Bertz CT molecular complexity index is 535. The van der Waals surface area contributed by atoms with Gasteiger partial charge in [-0.15, -0.1) is 0 Å². The van der Waals surface area contributed by atoms with E-state index in [1.165, 1.54) is 18.9 Å². The highest BCUT2D eigenvalue weighted by Gasteiger charge is 2.20. The summed E-state index contributed by atoms with van der Waals surface area (Å²) in [6.45, 7) is 0.796. The lowest BCUT2D eigenvalue weighted by atomic mass is 10.1. The van der Waals surface area contributed by atoms with Crippen molar-refractivity contribution in [3.05, 3.63) is 54.0 Å². The van der Waals surface area contributed by atoms with Gasteiger partial charge in [0.1, 0.15) is 5.82 Å². The first-order valence-electron chi connectivity index (χ1n) is 6.26. The molecule has 1 aliphatic carbocycles. The first-order valence-corrected chi connectivity index (χ1v) is 6.26. The summed E-state index contributed by atoms with van der Waals surface area (Å²) in [4.78, 5) is 4.20. The maximum absolute atomic E-state index is 13.8. The second-order valence-corrected chi connectivity index (χ2v) is 4.68. The molecule has 92 valence electrons. The monoisotopic (exact) mass is 242 g/mol. The predicted molar refractivity (Wildman–Crippen MR) is 69.5 cm³/mol. The Morgan fingerprint density at radius 1 is 1.22 bits per heavy atom.